The van der Waals surface area contributed by atoms with Gasteiger partial charge in [0.2, 0.25) is 5.91 Å². The van der Waals surface area contributed by atoms with E-state index >= 15 is 0 Å². The molecule has 3 heterocycles. The Morgan fingerprint density at radius 1 is 1.14 bits per heavy atom. The molecule has 3 aliphatic heterocycles. The number of benzene rings is 1. The maximum atomic E-state index is 12.8. The van der Waals surface area contributed by atoms with Gasteiger partial charge >= 0.3 is 6.03 Å². The number of carbonyl (C=O) groups is 2. The van der Waals surface area contributed by atoms with Crippen molar-refractivity contribution in [2.45, 2.75) is 51.7 Å². The standard InChI is InChI=1S/C22H31N3O3/c1-22(2,3)10-15-4-6-16(7-5-15)17-11-25(12-17)21(27)24-9-8-19-18(13-24)23-20(26)14-28-19/h4-7,17-19H,8-14H2,1-3H3,(H,23,26)/t18-,19+/m1/s1. The lowest BCUT2D eigenvalue weighted by molar-refractivity contribution is -0.139. The Hall–Kier alpha value is -2.08. The van der Waals surface area contributed by atoms with E-state index in [9.17, 15) is 9.59 Å². The molecule has 3 aliphatic rings. The molecule has 1 aromatic rings. The molecule has 0 aliphatic carbocycles. The van der Waals surface area contributed by atoms with Crippen LogP contribution in [0.5, 0.6) is 0 Å². The van der Waals surface area contributed by atoms with Crippen molar-refractivity contribution in [3.05, 3.63) is 35.4 Å². The highest BCUT2D eigenvalue weighted by atomic mass is 16.5. The highest BCUT2D eigenvalue weighted by molar-refractivity contribution is 5.79. The van der Waals surface area contributed by atoms with Gasteiger partial charge in [0.15, 0.2) is 0 Å². The summed E-state index contributed by atoms with van der Waals surface area (Å²) >= 11 is 0. The first-order chi connectivity index (χ1) is 13.3. The van der Waals surface area contributed by atoms with Crippen molar-refractivity contribution in [3.8, 4) is 0 Å². The Bertz CT molecular complexity index is 734. The summed E-state index contributed by atoms with van der Waals surface area (Å²) in [5.74, 6) is 0.331. The molecule has 3 fully saturated rings. The average molecular weight is 386 g/mol. The van der Waals surface area contributed by atoms with E-state index in [0.717, 1.165) is 25.9 Å². The topological polar surface area (TPSA) is 61.9 Å². The molecule has 0 bridgehead atoms. The zero-order valence-corrected chi connectivity index (χ0v) is 17.1. The van der Waals surface area contributed by atoms with Crippen molar-refractivity contribution < 1.29 is 14.3 Å². The SMILES string of the molecule is CC(C)(C)Cc1ccc(C2CN(C(=O)N3CC[C@@H]4OCC(=O)N[C@@H]4C3)C2)cc1. The van der Waals surface area contributed by atoms with Gasteiger partial charge in [0.05, 0.1) is 12.1 Å². The minimum atomic E-state index is -0.0885. The molecule has 2 atom stereocenters. The van der Waals surface area contributed by atoms with Crippen LogP contribution in [0.15, 0.2) is 24.3 Å². The van der Waals surface area contributed by atoms with E-state index in [1.54, 1.807) is 0 Å². The molecule has 0 aromatic heterocycles. The molecule has 0 saturated carbocycles. The van der Waals surface area contributed by atoms with Crippen LogP contribution in [0.4, 0.5) is 4.79 Å². The Kier molecular flexibility index (Phi) is 5.08. The fourth-order valence-electron chi connectivity index (χ4n) is 4.44. The van der Waals surface area contributed by atoms with Gasteiger partial charge in [0.1, 0.15) is 6.61 Å². The average Bonchev–Trinajstić information content (AvgIpc) is 2.60. The van der Waals surface area contributed by atoms with Crippen LogP contribution in [0.1, 0.15) is 44.2 Å². The third-order valence-corrected chi connectivity index (χ3v) is 5.93. The number of ether oxygens (including phenoxy) is 1. The van der Waals surface area contributed by atoms with Crippen molar-refractivity contribution in [2.75, 3.05) is 32.8 Å². The number of piperidine rings is 1. The van der Waals surface area contributed by atoms with Crippen LogP contribution in [0.2, 0.25) is 0 Å². The highest BCUT2D eigenvalue weighted by Gasteiger charge is 2.40. The Morgan fingerprint density at radius 2 is 1.86 bits per heavy atom. The monoisotopic (exact) mass is 385 g/mol. The van der Waals surface area contributed by atoms with Crippen molar-refractivity contribution in [2.24, 2.45) is 5.41 Å². The quantitative estimate of drug-likeness (QED) is 0.850. The number of amides is 3. The first-order valence-electron chi connectivity index (χ1n) is 10.3. The molecule has 0 unspecified atom stereocenters. The van der Waals surface area contributed by atoms with Gasteiger partial charge in [-0.15, -0.1) is 0 Å². The third-order valence-electron chi connectivity index (χ3n) is 5.93. The summed E-state index contributed by atoms with van der Waals surface area (Å²) in [4.78, 5) is 28.1. The third kappa shape index (κ3) is 4.17. The van der Waals surface area contributed by atoms with Gasteiger partial charge in [-0.1, -0.05) is 45.0 Å². The molecule has 6 nitrogen and oxygen atoms in total. The van der Waals surface area contributed by atoms with Gasteiger partial charge in [-0.25, -0.2) is 4.79 Å². The number of fused-ring (bicyclic) bond motifs is 1. The number of carbonyl (C=O) groups excluding carboxylic acids is 2. The molecule has 28 heavy (non-hydrogen) atoms. The summed E-state index contributed by atoms with van der Waals surface area (Å²) < 4.78 is 5.57. The Labute approximate surface area is 167 Å². The number of urea groups is 1. The summed E-state index contributed by atoms with van der Waals surface area (Å²) in [6, 6.07) is 8.88. The zero-order chi connectivity index (χ0) is 19.9. The summed E-state index contributed by atoms with van der Waals surface area (Å²) in [7, 11) is 0. The lowest BCUT2D eigenvalue weighted by atomic mass is 9.86. The van der Waals surface area contributed by atoms with Crippen molar-refractivity contribution in [3.63, 3.8) is 0 Å². The largest absolute Gasteiger partial charge is 0.366 e. The molecule has 1 N–H and O–H groups in total. The number of morpholine rings is 1. The smallest absolute Gasteiger partial charge is 0.320 e. The molecule has 0 radical (unpaired) electrons. The molecule has 3 saturated heterocycles. The summed E-state index contributed by atoms with van der Waals surface area (Å²) in [5.41, 5.74) is 2.97. The number of hydrogen-bond acceptors (Lipinski definition) is 3. The zero-order valence-electron chi connectivity index (χ0n) is 17.1. The lowest BCUT2D eigenvalue weighted by Crippen LogP contribution is -2.63. The molecule has 6 heteroatoms. The van der Waals surface area contributed by atoms with E-state index in [1.807, 2.05) is 9.80 Å². The highest BCUT2D eigenvalue weighted by Crippen LogP contribution is 2.30. The van der Waals surface area contributed by atoms with Crippen LogP contribution in [0.3, 0.4) is 0 Å². The van der Waals surface area contributed by atoms with Gasteiger partial charge in [0.25, 0.3) is 0 Å². The van der Waals surface area contributed by atoms with Crippen LogP contribution in [0, 0.1) is 5.41 Å². The van der Waals surface area contributed by atoms with E-state index in [2.05, 4.69) is 50.4 Å². The van der Waals surface area contributed by atoms with Gasteiger partial charge < -0.3 is 19.9 Å². The van der Waals surface area contributed by atoms with Crippen LogP contribution in [-0.4, -0.2) is 66.7 Å². The number of hydrogen-bond donors (Lipinski definition) is 1. The van der Waals surface area contributed by atoms with E-state index in [-0.39, 0.29) is 36.1 Å². The van der Waals surface area contributed by atoms with E-state index < -0.39 is 0 Å². The van der Waals surface area contributed by atoms with Gasteiger partial charge in [-0.05, 0) is 29.4 Å². The van der Waals surface area contributed by atoms with Crippen molar-refractivity contribution >= 4 is 11.9 Å². The van der Waals surface area contributed by atoms with E-state index in [1.165, 1.54) is 11.1 Å². The van der Waals surface area contributed by atoms with E-state index in [4.69, 9.17) is 4.74 Å². The number of nitrogens with zero attached hydrogens (tertiary/aromatic N) is 2. The Morgan fingerprint density at radius 3 is 2.54 bits per heavy atom. The molecule has 3 amide bonds. The Balaban J connectivity index is 1.29. The molecule has 1 aromatic carbocycles. The summed E-state index contributed by atoms with van der Waals surface area (Å²) in [6.07, 6.45) is 1.89. The minimum Gasteiger partial charge on any atom is -0.366 e. The fraction of sp³-hybridized carbons (Fsp3) is 0.636. The summed E-state index contributed by atoms with van der Waals surface area (Å²) in [6.45, 7) is 9.67. The number of likely N-dealkylation sites (tertiary alicyclic amines) is 2. The predicted octanol–water partition coefficient (Wildman–Crippen LogP) is 2.38. The van der Waals surface area contributed by atoms with Gasteiger partial charge in [0, 0.05) is 32.1 Å². The number of rotatable bonds is 2. The summed E-state index contributed by atoms with van der Waals surface area (Å²) in [5, 5.41) is 2.96. The van der Waals surface area contributed by atoms with Gasteiger partial charge in [-0.2, -0.15) is 0 Å². The normalized spacial score (nSPS) is 25.8. The first-order valence-corrected chi connectivity index (χ1v) is 10.3. The van der Waals surface area contributed by atoms with Crippen LogP contribution in [-0.2, 0) is 16.0 Å². The van der Waals surface area contributed by atoms with Crippen LogP contribution in [0.25, 0.3) is 0 Å². The molecular weight excluding hydrogens is 354 g/mol. The van der Waals surface area contributed by atoms with Crippen LogP contribution >= 0.6 is 0 Å². The number of nitrogens with one attached hydrogen (secondary N) is 1. The maximum Gasteiger partial charge on any atom is 0.320 e. The van der Waals surface area contributed by atoms with Crippen molar-refractivity contribution in [1.29, 1.82) is 0 Å². The lowest BCUT2D eigenvalue weighted by Gasteiger charge is -2.46. The minimum absolute atomic E-state index is 0.0394. The maximum absolute atomic E-state index is 12.8. The second kappa shape index (κ2) is 7.39. The fourth-order valence-corrected chi connectivity index (χ4v) is 4.44. The predicted molar refractivity (Wildman–Crippen MR) is 107 cm³/mol. The van der Waals surface area contributed by atoms with Crippen molar-refractivity contribution in [1.82, 2.24) is 15.1 Å². The van der Waals surface area contributed by atoms with Gasteiger partial charge in [-0.3, -0.25) is 4.79 Å². The first kappa shape index (κ1) is 19.2. The van der Waals surface area contributed by atoms with E-state index in [0.29, 0.717) is 19.0 Å². The van der Waals surface area contributed by atoms with Crippen LogP contribution < -0.4 is 5.32 Å². The molecule has 152 valence electrons. The molecule has 4 rings (SSSR count). The molecule has 0 spiro atoms. The second-order valence-corrected chi connectivity index (χ2v) is 9.62. The molecular formula is C22H31N3O3. The second-order valence-electron chi connectivity index (χ2n) is 9.62.